The number of hydrogen-bond donors (Lipinski definition) is 2. The van der Waals surface area contributed by atoms with Gasteiger partial charge in [0.2, 0.25) is 6.41 Å². The molecule has 102 valence electrons. The van der Waals surface area contributed by atoms with E-state index in [0.717, 1.165) is 0 Å². The number of hydrogen-bond acceptors (Lipinski definition) is 5. The molecule has 1 rings (SSSR count). The molecule has 0 bridgehead atoms. The highest BCUT2D eigenvalue weighted by atomic mass is 28.4. The summed E-state index contributed by atoms with van der Waals surface area (Å²) in [5.74, 6) is 1.09. The summed E-state index contributed by atoms with van der Waals surface area (Å²) in [5.41, 5.74) is 4.86. The van der Waals surface area contributed by atoms with E-state index in [2.05, 4.69) is 49.9 Å². The van der Waals surface area contributed by atoms with Crippen molar-refractivity contribution >= 4 is 20.5 Å². The molecule has 1 amide bonds. The first-order valence-electron chi connectivity index (χ1n) is 5.81. The Kier molecular flexibility index (Phi) is 4.52. The van der Waals surface area contributed by atoms with Crippen molar-refractivity contribution in [1.82, 2.24) is 10.6 Å². The number of amides is 1. The van der Waals surface area contributed by atoms with E-state index >= 15 is 0 Å². The number of carbonyl (C=O) groups excluding carboxylic acids is 1. The molecule has 2 N–H and O–H groups in total. The molecule has 6 nitrogen and oxygen atoms in total. The van der Waals surface area contributed by atoms with Crippen molar-refractivity contribution < 1.29 is 13.7 Å². The van der Waals surface area contributed by atoms with Crippen LogP contribution in [-0.2, 0) is 15.8 Å². The summed E-state index contributed by atoms with van der Waals surface area (Å²) in [6.45, 7) is 11.3. The van der Waals surface area contributed by atoms with Crippen LogP contribution in [0.5, 0.6) is 0 Å². The van der Waals surface area contributed by atoms with E-state index in [4.69, 9.17) is 8.95 Å². The van der Waals surface area contributed by atoms with Gasteiger partial charge in [0.25, 0.3) is 0 Å². The maximum atomic E-state index is 10.1. The summed E-state index contributed by atoms with van der Waals surface area (Å²) in [7, 11) is -1.78. The summed E-state index contributed by atoms with van der Waals surface area (Å²) < 4.78 is 11.1. The number of hydrazine groups is 1. The number of nitrogens with zero attached hydrogens (tertiary/aromatic N) is 1. The molecule has 0 atom stereocenters. The van der Waals surface area contributed by atoms with E-state index < -0.39 is 8.32 Å². The minimum atomic E-state index is -1.78. The summed E-state index contributed by atoms with van der Waals surface area (Å²) in [5, 5.41) is 3.90. The van der Waals surface area contributed by atoms with Gasteiger partial charge in [0.15, 0.2) is 19.9 Å². The Hall–Kier alpha value is -1.34. The summed E-state index contributed by atoms with van der Waals surface area (Å²) in [6.07, 6.45) is 0.528. The largest absolute Gasteiger partial charge is 0.409 e. The van der Waals surface area contributed by atoms with Crippen LogP contribution in [0.15, 0.2) is 10.6 Å². The van der Waals surface area contributed by atoms with E-state index in [1.165, 1.54) is 0 Å². The van der Waals surface area contributed by atoms with Gasteiger partial charge < -0.3 is 8.95 Å². The molecule has 18 heavy (non-hydrogen) atoms. The minimum Gasteiger partial charge on any atom is -0.409 e. The highest BCUT2D eigenvalue weighted by Crippen LogP contribution is 2.37. The Morgan fingerprint density at radius 1 is 1.50 bits per heavy atom. The second-order valence-corrected chi connectivity index (χ2v) is 10.4. The Bertz CT molecular complexity index is 398. The van der Waals surface area contributed by atoms with E-state index in [9.17, 15) is 4.79 Å². The zero-order chi connectivity index (χ0) is 13.8. The number of rotatable bonds is 6. The van der Waals surface area contributed by atoms with Crippen LogP contribution >= 0.6 is 0 Å². The monoisotopic (exact) mass is 271 g/mol. The smallest absolute Gasteiger partial charge is 0.225 e. The highest BCUT2D eigenvalue weighted by Gasteiger charge is 2.37. The molecule has 0 unspecified atom stereocenters. The van der Waals surface area contributed by atoms with Gasteiger partial charge in [-0.1, -0.05) is 25.9 Å². The Labute approximate surface area is 108 Å². The van der Waals surface area contributed by atoms with Crippen LogP contribution in [0.25, 0.3) is 0 Å². The lowest BCUT2D eigenvalue weighted by atomic mass is 10.2. The first-order chi connectivity index (χ1) is 8.26. The molecule has 0 aliphatic rings. The van der Waals surface area contributed by atoms with Crippen molar-refractivity contribution in [2.45, 2.75) is 45.5 Å². The average molecular weight is 271 g/mol. The maximum Gasteiger partial charge on any atom is 0.225 e. The van der Waals surface area contributed by atoms with Crippen LogP contribution in [0, 0.1) is 0 Å². The topological polar surface area (TPSA) is 76.4 Å². The number of nitrogens with one attached hydrogen (secondary N) is 2. The zero-order valence-corrected chi connectivity index (χ0v) is 12.5. The van der Waals surface area contributed by atoms with E-state index in [1.54, 1.807) is 6.07 Å². The number of carbonyl (C=O) groups is 1. The Balaban J connectivity index is 2.53. The zero-order valence-electron chi connectivity index (χ0n) is 11.5. The van der Waals surface area contributed by atoms with Gasteiger partial charge in [0.1, 0.15) is 0 Å². The van der Waals surface area contributed by atoms with Gasteiger partial charge in [0, 0.05) is 6.07 Å². The molecule has 0 spiro atoms. The second kappa shape index (κ2) is 5.53. The molecule has 7 heteroatoms. The van der Waals surface area contributed by atoms with E-state index in [0.29, 0.717) is 24.6 Å². The molecule has 1 aromatic heterocycles. The predicted octanol–water partition coefficient (Wildman–Crippen LogP) is 2.27. The van der Waals surface area contributed by atoms with E-state index in [1.807, 2.05) is 0 Å². The Morgan fingerprint density at radius 2 is 2.17 bits per heavy atom. The van der Waals surface area contributed by atoms with Crippen LogP contribution in [0.3, 0.4) is 0 Å². The highest BCUT2D eigenvalue weighted by molar-refractivity contribution is 6.74. The third-order valence-corrected chi connectivity index (χ3v) is 7.68. The van der Waals surface area contributed by atoms with Crippen molar-refractivity contribution in [3.63, 3.8) is 0 Å². The van der Waals surface area contributed by atoms with Gasteiger partial charge in [-0.25, -0.2) is 0 Å². The molecular formula is C11H21N3O3Si. The standard InChI is InChI=1S/C11H21N3O3Si/c1-11(2,3)18(4,5)16-7-9-6-10(14-17-9)13-12-8-15/h6,8H,7H2,1-5H3,(H,12,15)(H,13,14). The molecule has 0 radical (unpaired) electrons. The summed E-state index contributed by atoms with van der Waals surface area (Å²) in [6, 6.07) is 1.70. The lowest BCUT2D eigenvalue weighted by Gasteiger charge is -2.35. The molecule has 0 aliphatic heterocycles. The molecule has 0 aromatic carbocycles. The van der Waals surface area contributed by atoms with Crippen molar-refractivity contribution in [2.75, 3.05) is 5.43 Å². The predicted molar refractivity (Wildman–Crippen MR) is 71.3 cm³/mol. The summed E-state index contributed by atoms with van der Waals surface area (Å²) >= 11 is 0. The molecular weight excluding hydrogens is 250 g/mol. The lowest BCUT2D eigenvalue weighted by Crippen LogP contribution is -2.40. The van der Waals surface area contributed by atoms with Gasteiger partial charge in [0.05, 0.1) is 6.61 Å². The maximum absolute atomic E-state index is 10.1. The van der Waals surface area contributed by atoms with Crippen LogP contribution in [0.4, 0.5) is 5.82 Å². The fraction of sp³-hybridized carbons (Fsp3) is 0.636. The Morgan fingerprint density at radius 3 is 2.72 bits per heavy atom. The van der Waals surface area contributed by atoms with Crippen LogP contribution in [0.2, 0.25) is 18.1 Å². The third-order valence-electron chi connectivity index (χ3n) is 3.20. The third kappa shape index (κ3) is 3.85. The number of anilines is 1. The van der Waals surface area contributed by atoms with Gasteiger partial charge in [-0.2, -0.15) is 0 Å². The van der Waals surface area contributed by atoms with Crippen molar-refractivity contribution in [1.29, 1.82) is 0 Å². The number of aromatic nitrogens is 1. The van der Waals surface area contributed by atoms with Crippen LogP contribution < -0.4 is 10.9 Å². The summed E-state index contributed by atoms with van der Waals surface area (Å²) in [4.78, 5) is 10.1. The van der Waals surface area contributed by atoms with Crippen molar-refractivity contribution in [2.24, 2.45) is 0 Å². The molecule has 1 aromatic rings. The first kappa shape index (κ1) is 14.7. The van der Waals surface area contributed by atoms with Crippen LogP contribution in [-0.4, -0.2) is 19.9 Å². The van der Waals surface area contributed by atoms with Gasteiger partial charge in [-0.3, -0.25) is 15.6 Å². The van der Waals surface area contributed by atoms with Gasteiger partial charge >= 0.3 is 0 Å². The van der Waals surface area contributed by atoms with Crippen molar-refractivity contribution in [3.05, 3.63) is 11.8 Å². The fourth-order valence-corrected chi connectivity index (χ4v) is 1.95. The molecule has 0 aliphatic carbocycles. The molecule has 0 fully saturated rings. The molecule has 1 heterocycles. The first-order valence-corrected chi connectivity index (χ1v) is 8.72. The average Bonchev–Trinajstić information content (AvgIpc) is 2.70. The van der Waals surface area contributed by atoms with Crippen LogP contribution in [0.1, 0.15) is 26.5 Å². The quantitative estimate of drug-likeness (QED) is 0.471. The molecule has 0 saturated carbocycles. The normalized spacial score (nSPS) is 12.3. The molecule has 0 saturated heterocycles. The van der Waals surface area contributed by atoms with E-state index in [-0.39, 0.29) is 5.04 Å². The SMILES string of the molecule is CC(C)(C)[Si](C)(C)OCc1cc(NNC=O)no1. The van der Waals surface area contributed by atoms with Gasteiger partial charge in [-0.15, -0.1) is 0 Å². The van der Waals surface area contributed by atoms with Gasteiger partial charge in [-0.05, 0) is 18.1 Å². The minimum absolute atomic E-state index is 0.160. The van der Waals surface area contributed by atoms with Crippen molar-refractivity contribution in [3.8, 4) is 0 Å². The fourth-order valence-electron chi connectivity index (χ4n) is 1.01. The second-order valence-electron chi connectivity index (χ2n) is 5.61. The lowest BCUT2D eigenvalue weighted by molar-refractivity contribution is -0.109.